The number of rotatable bonds is 2. The van der Waals surface area contributed by atoms with Gasteiger partial charge in [0.2, 0.25) is 5.91 Å². The minimum absolute atomic E-state index is 0.129. The van der Waals surface area contributed by atoms with E-state index in [1.54, 1.807) is 6.92 Å². The van der Waals surface area contributed by atoms with Gasteiger partial charge in [0.05, 0.1) is 29.0 Å². The van der Waals surface area contributed by atoms with Crippen LogP contribution in [0.1, 0.15) is 29.8 Å². The van der Waals surface area contributed by atoms with Gasteiger partial charge in [-0.25, -0.2) is 0 Å². The Bertz CT molecular complexity index is 761. The number of hydrogen-bond donors (Lipinski definition) is 1. The SMILES string of the molecule is C[C@@H](c1ccccc1)N1C(=O)[C@H](N)Cc2ncc(C(F)(F)F)cc21. The Labute approximate surface area is 137 Å². The van der Waals surface area contributed by atoms with Gasteiger partial charge in [0.25, 0.3) is 0 Å². The fourth-order valence-corrected chi connectivity index (χ4v) is 2.88. The van der Waals surface area contributed by atoms with Gasteiger partial charge in [-0.15, -0.1) is 0 Å². The summed E-state index contributed by atoms with van der Waals surface area (Å²) in [5, 5.41) is 0. The van der Waals surface area contributed by atoms with Crippen molar-refractivity contribution in [2.24, 2.45) is 5.73 Å². The summed E-state index contributed by atoms with van der Waals surface area (Å²) in [6.07, 6.45) is -3.61. The molecule has 2 heterocycles. The Morgan fingerprint density at radius 1 is 1.29 bits per heavy atom. The summed E-state index contributed by atoms with van der Waals surface area (Å²) in [7, 11) is 0. The second-order valence-electron chi connectivity index (χ2n) is 5.79. The summed E-state index contributed by atoms with van der Waals surface area (Å²) in [5.41, 5.74) is 6.37. The predicted octanol–water partition coefficient (Wildman–Crippen LogP) is 3.08. The number of hydrogen-bond acceptors (Lipinski definition) is 3. The lowest BCUT2D eigenvalue weighted by Gasteiger charge is -2.36. The quantitative estimate of drug-likeness (QED) is 0.917. The number of benzene rings is 1. The number of alkyl halides is 3. The van der Waals surface area contributed by atoms with Gasteiger partial charge in [0, 0.05) is 12.6 Å². The van der Waals surface area contributed by atoms with E-state index in [0.717, 1.165) is 17.8 Å². The molecule has 0 unspecified atom stereocenters. The lowest BCUT2D eigenvalue weighted by molar-refractivity contribution is -0.138. The molecule has 7 heteroatoms. The van der Waals surface area contributed by atoms with Crippen molar-refractivity contribution in [3.8, 4) is 0 Å². The maximum Gasteiger partial charge on any atom is 0.417 e. The predicted molar refractivity (Wildman–Crippen MR) is 83.3 cm³/mol. The van der Waals surface area contributed by atoms with Crippen LogP contribution in [0.4, 0.5) is 18.9 Å². The average Bonchev–Trinajstić information content (AvgIpc) is 2.55. The van der Waals surface area contributed by atoms with Crippen LogP contribution in [0.25, 0.3) is 0 Å². The van der Waals surface area contributed by atoms with Crippen molar-refractivity contribution < 1.29 is 18.0 Å². The lowest BCUT2D eigenvalue weighted by atomic mass is 9.97. The van der Waals surface area contributed by atoms with Gasteiger partial charge in [-0.3, -0.25) is 9.78 Å². The van der Waals surface area contributed by atoms with Gasteiger partial charge in [-0.2, -0.15) is 13.2 Å². The number of halogens is 3. The molecular weight excluding hydrogens is 319 g/mol. The molecule has 4 nitrogen and oxygen atoms in total. The molecule has 2 aromatic rings. The Morgan fingerprint density at radius 2 is 1.96 bits per heavy atom. The van der Waals surface area contributed by atoms with Gasteiger partial charge in [-0.1, -0.05) is 30.3 Å². The number of nitrogens with zero attached hydrogens (tertiary/aromatic N) is 2. The monoisotopic (exact) mass is 335 g/mol. The van der Waals surface area contributed by atoms with Crippen LogP contribution in [-0.2, 0) is 17.4 Å². The third-order valence-electron chi connectivity index (χ3n) is 4.17. The molecule has 126 valence electrons. The van der Waals surface area contributed by atoms with Gasteiger partial charge < -0.3 is 10.6 Å². The van der Waals surface area contributed by atoms with Gasteiger partial charge in [-0.05, 0) is 18.6 Å². The van der Waals surface area contributed by atoms with Crippen LogP contribution >= 0.6 is 0 Å². The molecule has 0 aliphatic carbocycles. The van der Waals surface area contributed by atoms with E-state index >= 15 is 0 Å². The van der Waals surface area contributed by atoms with E-state index in [4.69, 9.17) is 5.73 Å². The first-order chi connectivity index (χ1) is 11.3. The molecular formula is C17H16F3N3O. The van der Waals surface area contributed by atoms with E-state index < -0.39 is 29.7 Å². The van der Waals surface area contributed by atoms with Crippen LogP contribution in [-0.4, -0.2) is 16.9 Å². The van der Waals surface area contributed by atoms with Crippen molar-refractivity contribution in [2.45, 2.75) is 31.6 Å². The van der Waals surface area contributed by atoms with Crippen molar-refractivity contribution in [2.75, 3.05) is 4.90 Å². The molecule has 0 fully saturated rings. The summed E-state index contributed by atoms with van der Waals surface area (Å²) in [5.74, 6) is -0.403. The first kappa shape index (κ1) is 16.4. The van der Waals surface area contributed by atoms with Gasteiger partial charge in [0.15, 0.2) is 0 Å². The number of fused-ring (bicyclic) bond motifs is 1. The van der Waals surface area contributed by atoms with Crippen molar-refractivity contribution in [3.05, 3.63) is 59.4 Å². The molecule has 1 aliphatic heterocycles. The molecule has 1 aliphatic rings. The molecule has 2 N–H and O–H groups in total. The highest BCUT2D eigenvalue weighted by Gasteiger charge is 2.38. The first-order valence-electron chi connectivity index (χ1n) is 7.48. The summed E-state index contributed by atoms with van der Waals surface area (Å²) in [6.45, 7) is 1.76. The molecule has 0 saturated heterocycles. The Morgan fingerprint density at radius 3 is 2.58 bits per heavy atom. The number of nitrogens with two attached hydrogens (primary N) is 1. The number of amides is 1. The highest BCUT2D eigenvalue weighted by atomic mass is 19.4. The second-order valence-corrected chi connectivity index (χ2v) is 5.79. The summed E-state index contributed by atoms with van der Waals surface area (Å²) < 4.78 is 39.0. The summed E-state index contributed by atoms with van der Waals surface area (Å²) >= 11 is 0. The Balaban J connectivity index is 2.11. The van der Waals surface area contributed by atoms with Crippen LogP contribution in [0, 0.1) is 0 Å². The fraction of sp³-hybridized carbons (Fsp3) is 0.294. The zero-order chi connectivity index (χ0) is 17.5. The summed E-state index contributed by atoms with van der Waals surface area (Å²) in [6, 6.07) is 8.80. The largest absolute Gasteiger partial charge is 0.417 e. The van der Waals surface area contributed by atoms with Crippen molar-refractivity contribution in [3.63, 3.8) is 0 Å². The van der Waals surface area contributed by atoms with Crippen molar-refractivity contribution in [1.82, 2.24) is 4.98 Å². The number of pyridine rings is 1. The highest BCUT2D eigenvalue weighted by molar-refractivity contribution is 6.00. The number of aromatic nitrogens is 1. The molecule has 3 rings (SSSR count). The van der Waals surface area contributed by atoms with E-state index in [1.165, 1.54) is 4.90 Å². The van der Waals surface area contributed by atoms with Crippen LogP contribution in [0.15, 0.2) is 42.6 Å². The molecule has 1 amide bonds. The second kappa shape index (κ2) is 5.90. The smallest absolute Gasteiger partial charge is 0.320 e. The third kappa shape index (κ3) is 2.87. The molecule has 1 aromatic heterocycles. The Kier molecular flexibility index (Phi) is 4.04. The maximum atomic E-state index is 13.0. The van der Waals surface area contributed by atoms with E-state index in [2.05, 4.69) is 4.98 Å². The third-order valence-corrected chi connectivity index (χ3v) is 4.17. The molecule has 0 bridgehead atoms. The average molecular weight is 335 g/mol. The van der Waals surface area contributed by atoms with Crippen molar-refractivity contribution >= 4 is 11.6 Å². The lowest BCUT2D eigenvalue weighted by Crippen LogP contribution is -2.50. The van der Waals surface area contributed by atoms with Crippen molar-refractivity contribution in [1.29, 1.82) is 0 Å². The topological polar surface area (TPSA) is 59.2 Å². The molecule has 2 atom stereocenters. The highest BCUT2D eigenvalue weighted by Crippen LogP contribution is 2.37. The molecule has 1 aromatic carbocycles. The maximum absolute atomic E-state index is 13.0. The number of anilines is 1. The molecule has 24 heavy (non-hydrogen) atoms. The number of carbonyl (C=O) groups excluding carboxylic acids is 1. The molecule has 0 radical (unpaired) electrons. The first-order valence-corrected chi connectivity index (χ1v) is 7.48. The van der Waals surface area contributed by atoms with E-state index in [1.807, 2.05) is 30.3 Å². The van der Waals surface area contributed by atoms with Gasteiger partial charge in [0.1, 0.15) is 0 Å². The van der Waals surface area contributed by atoms with Crippen LogP contribution < -0.4 is 10.6 Å². The van der Waals surface area contributed by atoms with Gasteiger partial charge >= 0.3 is 6.18 Å². The van der Waals surface area contributed by atoms with E-state index in [-0.39, 0.29) is 12.1 Å². The molecule has 0 spiro atoms. The summed E-state index contributed by atoms with van der Waals surface area (Å²) in [4.78, 5) is 17.8. The minimum Gasteiger partial charge on any atom is -0.320 e. The van der Waals surface area contributed by atoms with Crippen LogP contribution in [0.3, 0.4) is 0 Å². The van der Waals surface area contributed by atoms with Crippen LogP contribution in [0.2, 0.25) is 0 Å². The van der Waals surface area contributed by atoms with E-state index in [0.29, 0.717) is 5.69 Å². The zero-order valence-corrected chi connectivity index (χ0v) is 12.9. The minimum atomic E-state index is -4.52. The van der Waals surface area contributed by atoms with E-state index in [9.17, 15) is 18.0 Å². The molecule has 0 saturated carbocycles. The standard InChI is InChI=1S/C17H16F3N3O/c1-10(11-5-3-2-4-6-11)23-15-7-12(17(18,19)20)9-22-14(15)8-13(21)16(23)24/h2-7,9-10,13H,8,21H2,1H3/t10-,13+/m0/s1. The van der Waals surface area contributed by atoms with Crippen LogP contribution in [0.5, 0.6) is 0 Å². The fourth-order valence-electron chi connectivity index (χ4n) is 2.88. The Hall–Kier alpha value is -2.41. The zero-order valence-electron chi connectivity index (χ0n) is 12.9. The normalized spacial score (nSPS) is 19.1. The number of carbonyl (C=O) groups is 1.